The van der Waals surface area contributed by atoms with E-state index in [1.54, 1.807) is 6.20 Å². The summed E-state index contributed by atoms with van der Waals surface area (Å²) < 4.78 is 7.26. The van der Waals surface area contributed by atoms with Crippen LogP contribution in [0.3, 0.4) is 0 Å². The lowest BCUT2D eigenvalue weighted by atomic mass is 10.0. The molecule has 2 heterocycles. The molecule has 6 nitrogen and oxygen atoms in total. The van der Waals surface area contributed by atoms with E-state index in [0.29, 0.717) is 21.4 Å². The van der Waals surface area contributed by atoms with E-state index in [1.165, 1.54) is 11.8 Å². The molecule has 4 rings (SSSR count). The van der Waals surface area contributed by atoms with Gasteiger partial charge < -0.3 is 9.73 Å². The fourth-order valence-electron chi connectivity index (χ4n) is 2.59. The number of hydrogen-bond acceptors (Lipinski definition) is 6. The molecule has 0 aliphatic rings. The Morgan fingerprint density at radius 1 is 1.11 bits per heavy atom. The van der Waals surface area contributed by atoms with Crippen molar-refractivity contribution in [2.24, 2.45) is 0 Å². The lowest BCUT2D eigenvalue weighted by Crippen LogP contribution is -2.15. The van der Waals surface area contributed by atoms with Crippen molar-refractivity contribution in [1.29, 1.82) is 0 Å². The first kappa shape index (κ1) is 19.1. The summed E-state index contributed by atoms with van der Waals surface area (Å²) in [6.45, 7) is 0. The molecule has 1 N–H and O–H groups in total. The van der Waals surface area contributed by atoms with Crippen LogP contribution in [0.2, 0.25) is 0 Å². The first-order chi connectivity index (χ1) is 13.6. The molecule has 0 fully saturated rings. The van der Waals surface area contributed by atoms with Gasteiger partial charge in [0.1, 0.15) is 5.82 Å². The summed E-state index contributed by atoms with van der Waals surface area (Å²) >= 11 is 7.86. The Hall–Kier alpha value is -2.23. The van der Waals surface area contributed by atoms with Gasteiger partial charge in [-0.1, -0.05) is 48.2 Å². The monoisotopic (exact) mass is 518 g/mol. The Morgan fingerprint density at radius 2 is 1.93 bits per heavy atom. The highest BCUT2D eigenvalue weighted by Gasteiger charge is 2.14. The average molecular weight is 520 g/mol. The average Bonchev–Trinajstić information content (AvgIpc) is 3.17. The number of rotatable bonds is 5. The van der Waals surface area contributed by atoms with Crippen LogP contribution in [0.5, 0.6) is 0 Å². The SMILES string of the molecule is O=C(CSc1nnc(-c2cccc3ccccc23)o1)Nc1ncc(Br)cc1Br. The molecule has 0 radical (unpaired) electrons. The van der Waals surface area contributed by atoms with E-state index < -0.39 is 0 Å². The quantitative estimate of drug-likeness (QED) is 0.348. The molecule has 140 valence electrons. The lowest BCUT2D eigenvalue weighted by Gasteiger charge is -2.05. The molecule has 0 unspecified atom stereocenters. The van der Waals surface area contributed by atoms with Gasteiger partial charge in [-0.2, -0.15) is 0 Å². The third kappa shape index (κ3) is 4.26. The van der Waals surface area contributed by atoms with E-state index in [1.807, 2.05) is 48.5 Å². The largest absolute Gasteiger partial charge is 0.411 e. The Bertz CT molecular complexity index is 1160. The van der Waals surface area contributed by atoms with Crippen molar-refractivity contribution < 1.29 is 9.21 Å². The number of benzene rings is 2. The molecule has 9 heteroatoms. The van der Waals surface area contributed by atoms with Gasteiger partial charge in [0.15, 0.2) is 0 Å². The van der Waals surface area contributed by atoms with Crippen molar-refractivity contribution >= 4 is 66.1 Å². The van der Waals surface area contributed by atoms with Crippen molar-refractivity contribution in [2.75, 3.05) is 11.1 Å². The van der Waals surface area contributed by atoms with Gasteiger partial charge in [0.05, 0.1) is 10.2 Å². The smallest absolute Gasteiger partial charge is 0.277 e. The number of carbonyl (C=O) groups is 1. The molecule has 2 aromatic carbocycles. The van der Waals surface area contributed by atoms with Crippen LogP contribution in [-0.4, -0.2) is 26.8 Å². The van der Waals surface area contributed by atoms with Crippen molar-refractivity contribution in [3.8, 4) is 11.5 Å². The molecule has 28 heavy (non-hydrogen) atoms. The highest BCUT2D eigenvalue weighted by molar-refractivity contribution is 9.11. The topological polar surface area (TPSA) is 80.9 Å². The van der Waals surface area contributed by atoms with Crippen LogP contribution < -0.4 is 5.32 Å². The van der Waals surface area contributed by atoms with Crippen LogP contribution in [-0.2, 0) is 4.79 Å². The predicted molar refractivity (Wildman–Crippen MR) is 116 cm³/mol. The molecule has 0 aliphatic heterocycles. The summed E-state index contributed by atoms with van der Waals surface area (Å²) in [5.74, 6) is 0.791. The van der Waals surface area contributed by atoms with Gasteiger partial charge in [0.2, 0.25) is 11.8 Å². The molecule has 4 aromatic rings. The molecule has 1 amide bonds. The molecule has 0 saturated carbocycles. The molecule has 0 bridgehead atoms. The van der Waals surface area contributed by atoms with Gasteiger partial charge in [-0.3, -0.25) is 4.79 Å². The number of pyridine rings is 1. The number of nitrogens with one attached hydrogen (secondary N) is 1. The lowest BCUT2D eigenvalue weighted by molar-refractivity contribution is -0.113. The normalized spacial score (nSPS) is 10.9. The van der Waals surface area contributed by atoms with Crippen molar-refractivity contribution in [1.82, 2.24) is 15.2 Å². The second-order valence-electron chi connectivity index (χ2n) is 5.72. The third-order valence-corrected chi connectivity index (χ3v) is 5.68. The number of hydrogen-bond donors (Lipinski definition) is 1. The van der Waals surface area contributed by atoms with Gasteiger partial charge in [-0.05, 0) is 54.8 Å². The maximum atomic E-state index is 12.2. The number of anilines is 1. The number of nitrogens with zero attached hydrogens (tertiary/aromatic N) is 3. The highest BCUT2D eigenvalue weighted by Crippen LogP contribution is 2.29. The second kappa shape index (κ2) is 8.42. The van der Waals surface area contributed by atoms with E-state index >= 15 is 0 Å². The first-order valence-electron chi connectivity index (χ1n) is 8.15. The maximum absolute atomic E-state index is 12.2. The van der Waals surface area contributed by atoms with E-state index in [-0.39, 0.29) is 11.7 Å². The minimum Gasteiger partial charge on any atom is -0.411 e. The molecule has 0 saturated heterocycles. The molecule has 0 aliphatic carbocycles. The number of amides is 1. The summed E-state index contributed by atoms with van der Waals surface area (Å²) in [6.07, 6.45) is 1.61. The van der Waals surface area contributed by atoms with Crippen molar-refractivity contribution in [2.45, 2.75) is 5.22 Å². The van der Waals surface area contributed by atoms with Gasteiger partial charge in [-0.25, -0.2) is 4.98 Å². The van der Waals surface area contributed by atoms with Crippen LogP contribution in [0.15, 0.2) is 73.3 Å². The Labute approximate surface area is 181 Å². The zero-order valence-corrected chi connectivity index (χ0v) is 18.2. The molecular formula is C19H12Br2N4O2S. The summed E-state index contributed by atoms with van der Waals surface area (Å²) in [5, 5.41) is 13.4. The zero-order valence-electron chi connectivity index (χ0n) is 14.2. The Morgan fingerprint density at radius 3 is 2.79 bits per heavy atom. The predicted octanol–water partition coefficient (Wildman–Crippen LogP) is 5.54. The van der Waals surface area contributed by atoms with Gasteiger partial charge in [0, 0.05) is 16.2 Å². The Kier molecular flexibility index (Phi) is 5.74. The van der Waals surface area contributed by atoms with E-state index in [4.69, 9.17) is 4.42 Å². The number of aromatic nitrogens is 3. The second-order valence-corrected chi connectivity index (χ2v) is 8.42. The standard InChI is InChI=1S/C19H12Br2N4O2S/c20-12-8-15(21)17(22-9-12)23-16(26)10-28-19-25-24-18(27-19)14-7-3-5-11-4-1-2-6-13(11)14/h1-9H,10H2,(H,22,23,26). The molecule has 0 spiro atoms. The van der Waals surface area contributed by atoms with E-state index in [9.17, 15) is 4.79 Å². The fraction of sp³-hybridized carbons (Fsp3) is 0.0526. The molecular weight excluding hydrogens is 508 g/mol. The summed E-state index contributed by atoms with van der Waals surface area (Å²) in [7, 11) is 0. The minimum absolute atomic E-state index is 0.126. The van der Waals surface area contributed by atoms with Gasteiger partial charge in [-0.15, -0.1) is 10.2 Å². The van der Waals surface area contributed by atoms with Crippen LogP contribution in [0.4, 0.5) is 5.82 Å². The zero-order chi connectivity index (χ0) is 19.5. The summed E-state index contributed by atoms with van der Waals surface area (Å²) in [5.41, 5.74) is 0.866. The van der Waals surface area contributed by atoms with Crippen molar-refractivity contribution in [3.63, 3.8) is 0 Å². The number of halogens is 2. The van der Waals surface area contributed by atoms with Crippen molar-refractivity contribution in [3.05, 3.63) is 63.7 Å². The van der Waals surface area contributed by atoms with Crippen LogP contribution >= 0.6 is 43.6 Å². The van der Waals surface area contributed by atoms with Gasteiger partial charge in [0.25, 0.3) is 5.22 Å². The fourth-order valence-corrected chi connectivity index (χ4v) is 4.24. The first-order valence-corrected chi connectivity index (χ1v) is 10.7. The van der Waals surface area contributed by atoms with Crippen LogP contribution in [0, 0.1) is 0 Å². The molecule has 0 atom stereocenters. The minimum atomic E-state index is -0.217. The maximum Gasteiger partial charge on any atom is 0.277 e. The number of thioether (sulfide) groups is 1. The number of fused-ring (bicyclic) bond motifs is 1. The number of carbonyl (C=O) groups excluding carboxylic acids is 1. The summed E-state index contributed by atoms with van der Waals surface area (Å²) in [6, 6.07) is 15.7. The third-order valence-electron chi connectivity index (χ3n) is 3.82. The Balaban J connectivity index is 1.44. The van der Waals surface area contributed by atoms with Crippen LogP contribution in [0.1, 0.15) is 0 Å². The van der Waals surface area contributed by atoms with E-state index in [2.05, 4.69) is 52.4 Å². The van der Waals surface area contributed by atoms with E-state index in [0.717, 1.165) is 20.8 Å². The van der Waals surface area contributed by atoms with Crippen LogP contribution in [0.25, 0.3) is 22.2 Å². The van der Waals surface area contributed by atoms with Gasteiger partial charge >= 0.3 is 0 Å². The summed E-state index contributed by atoms with van der Waals surface area (Å²) in [4.78, 5) is 16.3. The molecule has 2 aromatic heterocycles. The highest BCUT2D eigenvalue weighted by atomic mass is 79.9.